The van der Waals surface area contributed by atoms with Crippen molar-refractivity contribution in [1.29, 1.82) is 0 Å². The minimum absolute atomic E-state index is 0.312. The molecule has 0 spiro atoms. The molecule has 1 aromatic carbocycles. The van der Waals surface area contributed by atoms with E-state index < -0.39 is 5.97 Å². The monoisotopic (exact) mass is 474 g/mol. The highest BCUT2D eigenvalue weighted by Gasteiger charge is 2.17. The van der Waals surface area contributed by atoms with Crippen molar-refractivity contribution < 1.29 is 9.90 Å². The third-order valence-corrected chi connectivity index (χ3v) is 7.13. The van der Waals surface area contributed by atoms with Crippen LogP contribution in [-0.2, 0) is 0 Å². The van der Waals surface area contributed by atoms with Gasteiger partial charge in [0.25, 0.3) is 0 Å². The first-order valence-corrected chi connectivity index (χ1v) is 11.3. The van der Waals surface area contributed by atoms with Crippen molar-refractivity contribution in [2.75, 3.05) is 32.0 Å². The second kappa shape index (κ2) is 8.77. The number of rotatable bonds is 6. The predicted octanol–water partition coefficient (Wildman–Crippen LogP) is 4.96. The van der Waals surface area contributed by atoms with Gasteiger partial charge in [-0.05, 0) is 79.4 Å². The Morgan fingerprint density at radius 3 is 2.93 bits per heavy atom. The lowest BCUT2D eigenvalue weighted by atomic mass is 9.94. The lowest BCUT2D eigenvalue weighted by Gasteiger charge is -2.28. The maximum atomic E-state index is 11.5. The van der Waals surface area contributed by atoms with Crippen LogP contribution in [0.15, 0.2) is 34.9 Å². The molecule has 29 heavy (non-hydrogen) atoms. The third-order valence-electron chi connectivity index (χ3n) is 5.44. The molecule has 0 bridgehead atoms. The van der Waals surface area contributed by atoms with E-state index in [-0.39, 0.29) is 0 Å². The summed E-state index contributed by atoms with van der Waals surface area (Å²) in [4.78, 5) is 23.9. The average molecular weight is 475 g/mol. The lowest BCUT2D eigenvalue weighted by molar-refractivity contribution is 0.0699. The molecule has 0 radical (unpaired) electrons. The molecule has 0 unspecified atom stereocenters. The highest BCUT2D eigenvalue weighted by atomic mass is 79.9. The number of thiophene rings is 1. The molecule has 0 atom stereocenters. The number of aromatic nitrogens is 2. The number of nitrogens with zero attached hydrogens (tertiary/aromatic N) is 3. The van der Waals surface area contributed by atoms with E-state index in [1.165, 1.54) is 37.3 Å². The minimum Gasteiger partial charge on any atom is -0.478 e. The van der Waals surface area contributed by atoms with Crippen LogP contribution in [0, 0.1) is 5.92 Å². The van der Waals surface area contributed by atoms with E-state index in [0.29, 0.717) is 11.5 Å². The Morgan fingerprint density at radius 2 is 2.17 bits per heavy atom. The second-order valence-corrected chi connectivity index (χ2v) is 9.42. The van der Waals surface area contributed by atoms with Crippen molar-refractivity contribution in [1.82, 2.24) is 14.9 Å². The molecule has 1 aliphatic rings. The number of anilines is 1. The fraction of sp³-hybridized carbons (Fsp3) is 0.381. The first kappa shape index (κ1) is 20.3. The smallest absolute Gasteiger partial charge is 0.336 e. The predicted molar refractivity (Wildman–Crippen MR) is 121 cm³/mol. The van der Waals surface area contributed by atoms with Crippen molar-refractivity contribution in [3.8, 4) is 10.6 Å². The number of hydrogen-bond donors (Lipinski definition) is 2. The van der Waals surface area contributed by atoms with E-state index in [4.69, 9.17) is 4.98 Å². The first-order valence-electron chi connectivity index (χ1n) is 9.72. The van der Waals surface area contributed by atoms with Gasteiger partial charge in [0.2, 0.25) is 5.95 Å². The number of halogens is 1. The highest BCUT2D eigenvalue weighted by Crippen LogP contribution is 2.37. The zero-order chi connectivity index (χ0) is 20.4. The standard InChI is InChI=1S/C21H23BrN4O2S/c1-26-9-6-13(7-10-26)5-8-23-21-24-12-16(22)19(25-21)18-11-15-14(20(27)28)3-2-4-17(15)29-18/h2-4,11-13H,5-10H2,1H3,(H,27,28)(H,23,24,25). The van der Waals surface area contributed by atoms with Crippen LogP contribution in [0.1, 0.15) is 29.6 Å². The molecule has 3 aromatic rings. The molecule has 2 N–H and O–H groups in total. The molecule has 0 amide bonds. The molecule has 1 fully saturated rings. The number of carbonyl (C=O) groups is 1. The number of piperidine rings is 1. The first-order chi connectivity index (χ1) is 14.0. The van der Waals surface area contributed by atoms with E-state index in [1.807, 2.05) is 12.1 Å². The van der Waals surface area contributed by atoms with Crippen LogP contribution in [0.4, 0.5) is 5.95 Å². The van der Waals surface area contributed by atoms with Crippen molar-refractivity contribution in [2.45, 2.75) is 19.3 Å². The summed E-state index contributed by atoms with van der Waals surface area (Å²) in [5.41, 5.74) is 1.09. The van der Waals surface area contributed by atoms with Crippen LogP contribution in [-0.4, -0.2) is 52.6 Å². The van der Waals surface area contributed by atoms with Gasteiger partial charge in [-0.3, -0.25) is 0 Å². The van der Waals surface area contributed by atoms with E-state index in [2.05, 4.69) is 38.2 Å². The molecule has 4 rings (SSSR count). The topological polar surface area (TPSA) is 78.4 Å². The molecule has 152 valence electrons. The number of hydrogen-bond acceptors (Lipinski definition) is 6. The summed E-state index contributed by atoms with van der Waals surface area (Å²) in [6.07, 6.45) is 5.37. The molecule has 6 nitrogen and oxygen atoms in total. The number of carboxylic acid groups (broad SMARTS) is 1. The largest absolute Gasteiger partial charge is 0.478 e. The summed E-state index contributed by atoms with van der Waals surface area (Å²) >= 11 is 5.08. The number of benzene rings is 1. The van der Waals surface area contributed by atoms with Gasteiger partial charge in [-0.1, -0.05) is 6.07 Å². The van der Waals surface area contributed by atoms with Crippen LogP contribution >= 0.6 is 27.3 Å². The van der Waals surface area contributed by atoms with Gasteiger partial charge in [0.05, 0.1) is 14.9 Å². The summed E-state index contributed by atoms with van der Waals surface area (Å²) in [6, 6.07) is 7.24. The molecule has 0 saturated carbocycles. The van der Waals surface area contributed by atoms with Crippen molar-refractivity contribution in [3.63, 3.8) is 0 Å². The molecular formula is C21H23BrN4O2S. The number of nitrogens with one attached hydrogen (secondary N) is 1. The number of carboxylic acids is 1. The molecule has 3 heterocycles. The molecule has 0 aliphatic carbocycles. The summed E-state index contributed by atoms with van der Waals surface area (Å²) in [6.45, 7) is 3.20. The number of fused-ring (bicyclic) bond motifs is 1. The Hall–Kier alpha value is -2.03. The fourth-order valence-electron chi connectivity index (χ4n) is 3.73. The average Bonchev–Trinajstić information content (AvgIpc) is 3.14. The molecule has 1 saturated heterocycles. The summed E-state index contributed by atoms with van der Waals surface area (Å²) in [7, 11) is 2.18. The quantitative estimate of drug-likeness (QED) is 0.525. The van der Waals surface area contributed by atoms with E-state index in [9.17, 15) is 9.90 Å². The van der Waals surface area contributed by atoms with Gasteiger partial charge in [0, 0.05) is 22.8 Å². The third kappa shape index (κ3) is 4.60. The normalized spacial score (nSPS) is 15.7. The van der Waals surface area contributed by atoms with Crippen LogP contribution in [0.25, 0.3) is 20.7 Å². The summed E-state index contributed by atoms with van der Waals surface area (Å²) in [5, 5.41) is 13.5. The van der Waals surface area contributed by atoms with E-state index >= 15 is 0 Å². The lowest BCUT2D eigenvalue weighted by Crippen LogP contribution is -2.30. The Bertz CT molecular complexity index is 1030. The maximum absolute atomic E-state index is 11.5. The Balaban J connectivity index is 1.50. The SMILES string of the molecule is CN1CCC(CCNc2ncc(Br)c(-c3cc4c(C(=O)O)cccc4s3)n2)CC1. The van der Waals surface area contributed by atoms with Gasteiger partial charge in [-0.15, -0.1) is 11.3 Å². The van der Waals surface area contributed by atoms with Crippen LogP contribution < -0.4 is 5.32 Å². The van der Waals surface area contributed by atoms with Crippen molar-refractivity contribution in [2.24, 2.45) is 5.92 Å². The molecule has 1 aliphatic heterocycles. The maximum Gasteiger partial charge on any atom is 0.336 e. The van der Waals surface area contributed by atoms with Crippen molar-refractivity contribution in [3.05, 3.63) is 40.5 Å². The second-order valence-electron chi connectivity index (χ2n) is 7.49. The summed E-state index contributed by atoms with van der Waals surface area (Å²) < 4.78 is 1.73. The number of likely N-dealkylation sites (tertiary alicyclic amines) is 1. The van der Waals surface area contributed by atoms with Crippen molar-refractivity contribution >= 4 is 49.3 Å². The highest BCUT2D eigenvalue weighted by molar-refractivity contribution is 9.10. The summed E-state index contributed by atoms with van der Waals surface area (Å²) in [5.74, 6) is 0.440. The zero-order valence-electron chi connectivity index (χ0n) is 16.2. The van der Waals surface area contributed by atoms with Gasteiger partial charge < -0.3 is 15.3 Å². The molecule has 8 heteroatoms. The Labute approximate surface area is 182 Å². The zero-order valence-corrected chi connectivity index (χ0v) is 18.6. The molecule has 2 aromatic heterocycles. The van der Waals surface area contributed by atoms with Gasteiger partial charge in [0.15, 0.2) is 0 Å². The van der Waals surface area contributed by atoms with Gasteiger partial charge in [0.1, 0.15) is 5.69 Å². The van der Waals surface area contributed by atoms with Gasteiger partial charge >= 0.3 is 5.97 Å². The van der Waals surface area contributed by atoms with E-state index in [0.717, 1.165) is 44.0 Å². The Morgan fingerprint density at radius 1 is 1.38 bits per heavy atom. The van der Waals surface area contributed by atoms with Crippen LogP contribution in [0.5, 0.6) is 0 Å². The van der Waals surface area contributed by atoms with E-state index in [1.54, 1.807) is 18.3 Å². The number of aromatic carboxylic acids is 1. The van der Waals surface area contributed by atoms with Crippen LogP contribution in [0.2, 0.25) is 0 Å². The van der Waals surface area contributed by atoms with Crippen LogP contribution in [0.3, 0.4) is 0 Å². The molecular weight excluding hydrogens is 452 g/mol. The Kier molecular flexibility index (Phi) is 6.12. The minimum atomic E-state index is -0.919. The van der Waals surface area contributed by atoms with Gasteiger partial charge in [-0.2, -0.15) is 0 Å². The van der Waals surface area contributed by atoms with Gasteiger partial charge in [-0.25, -0.2) is 14.8 Å². The fourth-order valence-corrected chi connectivity index (χ4v) is 5.36.